The molecule has 0 unspecified atom stereocenters. The van der Waals surface area contributed by atoms with Gasteiger partial charge in [0.05, 0.1) is 5.56 Å². The van der Waals surface area contributed by atoms with Gasteiger partial charge in [-0.2, -0.15) is 0 Å². The topological polar surface area (TPSA) is 24.2 Å². The van der Waals surface area contributed by atoms with E-state index >= 15 is 0 Å². The van der Waals surface area contributed by atoms with Crippen molar-refractivity contribution in [3.63, 3.8) is 0 Å². The Bertz CT molecular complexity index is 786. The summed E-state index contributed by atoms with van der Waals surface area (Å²) in [7, 11) is 3.96. The Morgan fingerprint density at radius 3 is 2.29 bits per heavy atom. The summed E-state index contributed by atoms with van der Waals surface area (Å²) >= 11 is 0. The maximum atomic E-state index is 12.7. The molecule has 3 aromatic rings. The maximum absolute atomic E-state index is 12.7. The molecule has 0 aliphatic carbocycles. The molecule has 0 aliphatic heterocycles. The van der Waals surface area contributed by atoms with Crippen molar-refractivity contribution in [2.75, 3.05) is 19.0 Å². The minimum Gasteiger partial charge on any atom is -0.377 e. The van der Waals surface area contributed by atoms with E-state index in [1.807, 2.05) is 73.6 Å². The second kappa shape index (κ2) is 5.37. The first kappa shape index (κ1) is 13.3. The second-order valence-electron chi connectivity index (χ2n) is 5.19. The van der Waals surface area contributed by atoms with Gasteiger partial charge in [-0.15, -0.1) is 4.57 Å². The molecular weight excluding hydrogens is 260 g/mol. The molecule has 0 bridgehead atoms. The fourth-order valence-electron chi connectivity index (χ4n) is 2.40. The summed E-state index contributed by atoms with van der Waals surface area (Å²) < 4.78 is 1.62. The number of hydrogen-bond acceptors (Lipinski definition) is 2. The van der Waals surface area contributed by atoms with E-state index in [4.69, 9.17) is 0 Å². The van der Waals surface area contributed by atoms with Gasteiger partial charge in [0.1, 0.15) is 0 Å². The Morgan fingerprint density at radius 1 is 0.905 bits per heavy atom. The van der Waals surface area contributed by atoms with Crippen molar-refractivity contribution in [2.45, 2.75) is 0 Å². The normalized spacial score (nSPS) is 10.6. The molecule has 1 heterocycles. The van der Waals surface area contributed by atoms with Crippen LogP contribution in [0, 0.1) is 0 Å². The van der Waals surface area contributed by atoms with Crippen LogP contribution in [0.25, 0.3) is 10.8 Å². The smallest absolute Gasteiger partial charge is 0.377 e. The second-order valence-corrected chi connectivity index (χ2v) is 5.19. The number of carbonyl (C=O) groups is 1. The van der Waals surface area contributed by atoms with Crippen molar-refractivity contribution in [3.05, 3.63) is 72.6 Å². The number of pyridine rings is 1. The quantitative estimate of drug-likeness (QED) is 0.673. The molecule has 0 saturated heterocycles. The lowest BCUT2D eigenvalue weighted by Crippen LogP contribution is -2.42. The fraction of sp³-hybridized carbons (Fsp3) is 0.111. The molecule has 3 heteroatoms. The van der Waals surface area contributed by atoms with Crippen LogP contribution < -0.4 is 9.47 Å². The van der Waals surface area contributed by atoms with E-state index in [1.54, 1.807) is 17.0 Å². The summed E-state index contributed by atoms with van der Waals surface area (Å²) in [6.45, 7) is 0. The predicted molar refractivity (Wildman–Crippen MR) is 84.6 cm³/mol. The van der Waals surface area contributed by atoms with Crippen LogP contribution in [-0.2, 0) is 0 Å². The molecule has 21 heavy (non-hydrogen) atoms. The van der Waals surface area contributed by atoms with Gasteiger partial charge < -0.3 is 4.90 Å². The largest absolute Gasteiger partial charge is 0.425 e. The zero-order chi connectivity index (χ0) is 14.8. The van der Waals surface area contributed by atoms with Gasteiger partial charge in [-0.1, -0.05) is 36.4 Å². The summed E-state index contributed by atoms with van der Waals surface area (Å²) in [4.78, 5) is 14.7. The molecule has 0 atom stereocenters. The monoisotopic (exact) mass is 277 g/mol. The first-order valence-corrected chi connectivity index (χ1v) is 6.88. The molecule has 0 saturated carbocycles. The minimum absolute atomic E-state index is 0.0166. The van der Waals surface area contributed by atoms with Crippen molar-refractivity contribution in [2.24, 2.45) is 0 Å². The molecular formula is C18H17N2O+. The molecule has 104 valence electrons. The molecule has 0 spiro atoms. The number of benzene rings is 2. The van der Waals surface area contributed by atoms with Crippen molar-refractivity contribution in [1.29, 1.82) is 0 Å². The predicted octanol–water partition coefficient (Wildman–Crippen LogP) is 2.88. The van der Waals surface area contributed by atoms with E-state index in [1.165, 1.54) is 0 Å². The highest BCUT2D eigenvalue weighted by Gasteiger charge is 2.19. The van der Waals surface area contributed by atoms with Crippen molar-refractivity contribution in [3.8, 4) is 0 Å². The average Bonchev–Trinajstić information content (AvgIpc) is 2.53. The zero-order valence-electron chi connectivity index (χ0n) is 12.2. The van der Waals surface area contributed by atoms with E-state index < -0.39 is 0 Å². The molecule has 0 radical (unpaired) electrons. The van der Waals surface area contributed by atoms with Crippen LogP contribution in [0.15, 0.2) is 67.0 Å². The Kier molecular flexibility index (Phi) is 3.40. The Hall–Kier alpha value is -2.68. The van der Waals surface area contributed by atoms with Crippen molar-refractivity contribution < 1.29 is 9.36 Å². The van der Waals surface area contributed by atoms with E-state index in [-0.39, 0.29) is 5.91 Å². The third-order valence-corrected chi connectivity index (χ3v) is 3.58. The highest BCUT2D eigenvalue weighted by Crippen LogP contribution is 2.18. The Labute approximate surface area is 124 Å². The third-order valence-electron chi connectivity index (χ3n) is 3.58. The van der Waals surface area contributed by atoms with Crippen LogP contribution >= 0.6 is 0 Å². The Morgan fingerprint density at radius 2 is 1.57 bits per heavy atom. The molecule has 0 fully saturated rings. The lowest BCUT2D eigenvalue weighted by Gasteiger charge is -2.10. The lowest BCUT2D eigenvalue weighted by atomic mass is 10.0. The van der Waals surface area contributed by atoms with Gasteiger partial charge in [-0.05, 0) is 16.8 Å². The summed E-state index contributed by atoms with van der Waals surface area (Å²) in [6.07, 6.45) is 3.61. The van der Waals surface area contributed by atoms with Crippen LogP contribution in [0.5, 0.6) is 0 Å². The van der Waals surface area contributed by atoms with Gasteiger partial charge in [0.15, 0.2) is 12.4 Å². The summed E-state index contributed by atoms with van der Waals surface area (Å²) in [6, 6.07) is 17.6. The van der Waals surface area contributed by atoms with Gasteiger partial charge >= 0.3 is 5.91 Å². The molecule has 3 nitrogen and oxygen atoms in total. The Balaban J connectivity index is 2.04. The first-order valence-electron chi connectivity index (χ1n) is 6.88. The van der Waals surface area contributed by atoms with Gasteiger partial charge in [0.25, 0.3) is 0 Å². The van der Waals surface area contributed by atoms with E-state index in [0.29, 0.717) is 0 Å². The number of aromatic nitrogens is 1. The molecule has 1 aromatic heterocycles. The number of fused-ring (bicyclic) bond motifs is 1. The van der Waals surface area contributed by atoms with Gasteiger partial charge in [0.2, 0.25) is 0 Å². The SMILES string of the molecule is CN(C)c1cc[n+](C(=O)c2cccc3ccccc23)cc1. The first-order chi connectivity index (χ1) is 10.2. The van der Waals surface area contributed by atoms with Gasteiger partial charge in [-0.25, -0.2) is 4.79 Å². The van der Waals surface area contributed by atoms with Crippen LogP contribution in [0.1, 0.15) is 10.4 Å². The zero-order valence-corrected chi connectivity index (χ0v) is 12.2. The van der Waals surface area contributed by atoms with Gasteiger partial charge in [0, 0.05) is 31.9 Å². The van der Waals surface area contributed by atoms with Crippen molar-refractivity contribution in [1.82, 2.24) is 0 Å². The van der Waals surface area contributed by atoms with E-state index in [2.05, 4.69) is 0 Å². The van der Waals surface area contributed by atoms with Crippen LogP contribution in [0.3, 0.4) is 0 Å². The molecule has 0 N–H and O–H groups in total. The number of rotatable bonds is 2. The maximum Gasteiger partial charge on any atom is 0.425 e. The molecule has 2 aromatic carbocycles. The highest BCUT2D eigenvalue weighted by molar-refractivity contribution is 6.03. The third kappa shape index (κ3) is 2.50. The summed E-state index contributed by atoms with van der Waals surface area (Å²) in [5.74, 6) is -0.0166. The number of hydrogen-bond donors (Lipinski definition) is 0. The lowest BCUT2D eigenvalue weighted by molar-refractivity contribution is -0.570. The van der Waals surface area contributed by atoms with Crippen LogP contribution in [-0.4, -0.2) is 20.0 Å². The average molecular weight is 277 g/mol. The fourth-order valence-corrected chi connectivity index (χ4v) is 2.40. The summed E-state index contributed by atoms with van der Waals surface area (Å²) in [5, 5.41) is 2.06. The molecule has 0 aliphatic rings. The number of carbonyl (C=O) groups excluding carboxylic acids is 1. The number of nitrogens with zero attached hydrogens (tertiary/aromatic N) is 2. The van der Waals surface area contributed by atoms with E-state index in [9.17, 15) is 4.79 Å². The van der Waals surface area contributed by atoms with Crippen LogP contribution in [0.2, 0.25) is 0 Å². The molecule has 3 rings (SSSR count). The van der Waals surface area contributed by atoms with Gasteiger partial charge in [-0.3, -0.25) is 0 Å². The highest BCUT2D eigenvalue weighted by atomic mass is 16.2. The van der Waals surface area contributed by atoms with Crippen molar-refractivity contribution >= 4 is 22.4 Å². The van der Waals surface area contributed by atoms with Crippen LogP contribution in [0.4, 0.5) is 5.69 Å². The standard InChI is InChI=1S/C18H17N2O/c1-19(2)15-10-12-20(13-11-15)18(21)17-9-5-7-14-6-3-4-8-16(14)17/h3-13H,1-2H3/q+1. The van der Waals surface area contributed by atoms with E-state index in [0.717, 1.165) is 22.0 Å². The summed E-state index contributed by atoms with van der Waals surface area (Å²) in [5.41, 5.74) is 1.78. The number of anilines is 1. The minimum atomic E-state index is -0.0166. The molecule has 0 amide bonds.